The van der Waals surface area contributed by atoms with Crippen LogP contribution in [0.15, 0.2) is 76.9 Å². The van der Waals surface area contributed by atoms with Gasteiger partial charge in [0.2, 0.25) is 0 Å². The smallest absolute Gasteiger partial charge is 0.0619 e. The third-order valence-electron chi connectivity index (χ3n) is 2.99. The van der Waals surface area contributed by atoms with Crippen molar-refractivity contribution < 1.29 is 21.2 Å². The molecule has 0 nitrogen and oxygen atoms in total. The molecule has 0 aromatic heterocycles. The van der Waals surface area contributed by atoms with Crippen molar-refractivity contribution in [2.75, 3.05) is 0 Å². The summed E-state index contributed by atoms with van der Waals surface area (Å²) in [6.45, 7) is 0. The van der Waals surface area contributed by atoms with Crippen LogP contribution in [0.3, 0.4) is 0 Å². The van der Waals surface area contributed by atoms with E-state index in [2.05, 4.69) is 83.0 Å². The predicted octanol–water partition coefficient (Wildman–Crippen LogP) is 1.77. The molecule has 0 amide bonds. The summed E-state index contributed by atoms with van der Waals surface area (Å²) >= 11 is -0.0362. The van der Waals surface area contributed by atoms with Crippen molar-refractivity contribution >= 4 is 16.8 Å². The number of halogens is 1. The molecule has 1 heteroatoms. The minimum absolute atomic E-state index is 0.0362. The van der Waals surface area contributed by atoms with E-state index in [0.717, 1.165) is 0 Å². The predicted molar refractivity (Wildman–Crippen MR) is 78.1 cm³/mol. The summed E-state index contributed by atoms with van der Waals surface area (Å²) in [5.74, 6) is 0. The monoisotopic (exact) mass is 357 g/mol. The van der Waals surface area contributed by atoms with E-state index in [1.165, 1.54) is 19.9 Å². The molecule has 0 spiro atoms. The minimum atomic E-state index is -0.0362. The summed E-state index contributed by atoms with van der Waals surface area (Å²) < 4.78 is 3.80. The number of fused-ring (bicyclic) bond motifs is 1. The summed E-state index contributed by atoms with van der Waals surface area (Å²) in [6, 6.07) is 25.7. The number of benzene rings is 3. The van der Waals surface area contributed by atoms with Crippen LogP contribution in [0, 0.1) is 3.57 Å². The molecule has 92 valence electrons. The Bertz CT molecular complexity index is 694. The lowest BCUT2D eigenvalue weighted by Crippen LogP contribution is -3.59. The zero-order valence-corrected chi connectivity index (χ0v) is 12.6. The van der Waals surface area contributed by atoms with Crippen LogP contribution in [0.5, 0.6) is 0 Å². The van der Waals surface area contributed by atoms with Crippen molar-refractivity contribution in [3.8, 4) is 0 Å². The molecular formula is C18H14I+. The first kappa shape index (κ1) is 12.4. The van der Waals surface area contributed by atoms with E-state index in [-0.39, 0.29) is 21.2 Å². The molecule has 0 aliphatic carbocycles. The van der Waals surface area contributed by atoms with Gasteiger partial charge >= 0.3 is 21.2 Å². The van der Waals surface area contributed by atoms with Crippen LogP contribution in [0.2, 0.25) is 0 Å². The van der Waals surface area contributed by atoms with Gasteiger partial charge < -0.3 is 0 Å². The van der Waals surface area contributed by atoms with Gasteiger partial charge in [0.25, 0.3) is 0 Å². The average molecular weight is 357 g/mol. The molecule has 19 heavy (non-hydrogen) atoms. The maximum absolute atomic E-state index is 2.34. The van der Waals surface area contributed by atoms with Crippen molar-refractivity contribution in [3.63, 3.8) is 0 Å². The molecule has 0 aliphatic heterocycles. The van der Waals surface area contributed by atoms with Gasteiger partial charge in [-0.15, -0.1) is 0 Å². The number of hydrogen-bond donors (Lipinski definition) is 0. The Morgan fingerprint density at radius 2 is 1.42 bits per heavy atom. The van der Waals surface area contributed by atoms with Crippen LogP contribution in [0.25, 0.3) is 16.8 Å². The first-order chi connectivity index (χ1) is 9.43. The first-order valence-corrected chi connectivity index (χ1v) is 8.59. The summed E-state index contributed by atoms with van der Waals surface area (Å²) in [4.78, 5) is 0. The van der Waals surface area contributed by atoms with Crippen molar-refractivity contribution in [2.24, 2.45) is 0 Å². The molecule has 0 N–H and O–H groups in total. The van der Waals surface area contributed by atoms with E-state index in [4.69, 9.17) is 0 Å². The summed E-state index contributed by atoms with van der Waals surface area (Å²) in [5.41, 5.74) is 1.31. The Labute approximate surface area is 124 Å². The van der Waals surface area contributed by atoms with Crippen LogP contribution in [0.1, 0.15) is 5.56 Å². The zero-order chi connectivity index (χ0) is 12.9. The summed E-state index contributed by atoms with van der Waals surface area (Å²) in [5, 5.41) is 2.64. The highest BCUT2D eigenvalue weighted by Crippen LogP contribution is 2.18. The summed E-state index contributed by atoms with van der Waals surface area (Å²) in [6.07, 6.45) is 2.27. The fourth-order valence-electron chi connectivity index (χ4n) is 2.06. The van der Waals surface area contributed by atoms with Crippen LogP contribution in [-0.4, -0.2) is 0 Å². The molecule has 0 saturated heterocycles. The van der Waals surface area contributed by atoms with Gasteiger partial charge in [-0.2, -0.15) is 0 Å². The highest BCUT2D eigenvalue weighted by molar-refractivity contribution is 5.90. The fraction of sp³-hybridized carbons (Fsp3) is 0. The van der Waals surface area contributed by atoms with Crippen LogP contribution in [0.4, 0.5) is 0 Å². The van der Waals surface area contributed by atoms with Gasteiger partial charge in [-0.05, 0) is 34.5 Å². The Balaban J connectivity index is 1.85. The van der Waals surface area contributed by atoms with Gasteiger partial charge in [0, 0.05) is 0 Å². The quantitative estimate of drug-likeness (QED) is 0.627. The SMILES string of the molecule is C(=C\c1cccc2ccccc12)/[I+]c1ccccc1. The van der Waals surface area contributed by atoms with Crippen molar-refractivity contribution in [1.29, 1.82) is 0 Å². The number of hydrogen-bond acceptors (Lipinski definition) is 0. The third kappa shape index (κ3) is 3.04. The van der Waals surface area contributed by atoms with Crippen LogP contribution in [-0.2, 0) is 0 Å². The Kier molecular flexibility index (Phi) is 3.94. The Morgan fingerprint density at radius 3 is 2.32 bits per heavy atom. The van der Waals surface area contributed by atoms with Crippen LogP contribution >= 0.6 is 0 Å². The highest BCUT2D eigenvalue weighted by atomic mass is 127. The maximum atomic E-state index is 2.34. The lowest BCUT2D eigenvalue weighted by atomic mass is 10.1. The van der Waals surface area contributed by atoms with Crippen molar-refractivity contribution in [3.05, 3.63) is 86.0 Å². The normalized spacial score (nSPS) is 11.2. The van der Waals surface area contributed by atoms with Gasteiger partial charge in [-0.1, -0.05) is 60.7 Å². The minimum Gasteiger partial charge on any atom is -0.0619 e. The topological polar surface area (TPSA) is 0 Å². The van der Waals surface area contributed by atoms with E-state index in [1.54, 1.807) is 0 Å². The zero-order valence-electron chi connectivity index (χ0n) is 10.5. The van der Waals surface area contributed by atoms with Crippen LogP contribution < -0.4 is 21.2 Å². The van der Waals surface area contributed by atoms with Gasteiger partial charge in [0.15, 0.2) is 7.65 Å². The second-order valence-corrected chi connectivity index (χ2v) is 6.85. The lowest BCUT2D eigenvalue weighted by Gasteiger charge is -1.99. The van der Waals surface area contributed by atoms with E-state index < -0.39 is 0 Å². The van der Waals surface area contributed by atoms with Crippen molar-refractivity contribution in [2.45, 2.75) is 0 Å². The molecule has 0 bridgehead atoms. The Morgan fingerprint density at radius 1 is 0.684 bits per heavy atom. The van der Waals surface area contributed by atoms with Gasteiger partial charge in [0.1, 0.15) is 0 Å². The van der Waals surface area contributed by atoms with E-state index in [0.29, 0.717) is 0 Å². The largest absolute Gasteiger partial charge is 0.349 e. The first-order valence-electron chi connectivity index (χ1n) is 6.26. The molecule has 0 atom stereocenters. The molecule has 0 heterocycles. The van der Waals surface area contributed by atoms with E-state index >= 15 is 0 Å². The molecule has 3 aromatic rings. The Hall–Kier alpha value is -1.61. The van der Waals surface area contributed by atoms with E-state index in [1.807, 2.05) is 0 Å². The summed E-state index contributed by atoms with van der Waals surface area (Å²) in [7, 11) is 0. The molecule has 3 rings (SSSR count). The molecule has 0 aliphatic rings. The van der Waals surface area contributed by atoms with Gasteiger partial charge in [0.05, 0.1) is 0 Å². The molecule has 0 radical (unpaired) electrons. The van der Waals surface area contributed by atoms with Gasteiger partial charge in [-0.3, -0.25) is 0 Å². The molecule has 0 unspecified atom stereocenters. The molecule has 0 saturated carbocycles. The molecular weight excluding hydrogens is 343 g/mol. The second kappa shape index (κ2) is 6.02. The lowest BCUT2D eigenvalue weighted by molar-refractivity contribution is -0.555. The number of rotatable bonds is 3. The molecule has 3 aromatic carbocycles. The standard InChI is InChI=1S/C18H14I/c1-2-10-17(11-3-1)19-14-13-16-9-6-8-15-7-4-5-12-18(15)16/h1-14H/q+1/b14-13+. The maximum Gasteiger partial charge on any atom is 0.349 e. The molecule has 0 fully saturated rings. The highest BCUT2D eigenvalue weighted by Gasteiger charge is 2.05. The van der Waals surface area contributed by atoms with Crippen molar-refractivity contribution in [1.82, 2.24) is 0 Å². The van der Waals surface area contributed by atoms with E-state index in [9.17, 15) is 0 Å². The average Bonchev–Trinajstić information content (AvgIpc) is 2.49. The fourth-order valence-corrected chi connectivity index (χ4v) is 3.87. The third-order valence-corrected chi connectivity index (χ3v) is 5.15. The second-order valence-electron chi connectivity index (χ2n) is 4.27. The van der Waals surface area contributed by atoms with Gasteiger partial charge in [-0.25, -0.2) is 0 Å².